The number of benzene rings is 3. The molecule has 4 aromatic rings. The average Bonchev–Trinajstić information content (AvgIpc) is 3.10. The largest absolute Gasteiger partial charge is 0.744 e. The molecule has 5 nitrogen and oxygen atoms in total. The van der Waals surface area contributed by atoms with Crippen molar-refractivity contribution in [2.24, 2.45) is 0 Å². The maximum absolute atomic E-state index is 10.4. The van der Waals surface area contributed by atoms with Crippen LogP contribution in [-0.4, -0.2) is 18.1 Å². The summed E-state index contributed by atoms with van der Waals surface area (Å²) in [4.78, 5) is -0.178. The molecule has 1 aromatic heterocycles. The summed E-state index contributed by atoms with van der Waals surface area (Å²) in [5.74, 6) is 0. The highest BCUT2D eigenvalue weighted by molar-refractivity contribution is 7.85. The number of nitrogens with zero attached hydrogens (tertiary/aromatic N) is 2. The molecular weight excluding hydrogens is 416 g/mol. The predicted molar refractivity (Wildman–Crippen MR) is 117 cm³/mol. The van der Waals surface area contributed by atoms with Crippen LogP contribution in [0.25, 0.3) is 10.6 Å². The van der Waals surface area contributed by atoms with Gasteiger partial charge in [-0.15, -0.1) is 0 Å². The first-order valence-corrected chi connectivity index (χ1v) is 11.5. The molecule has 3 aromatic carbocycles. The van der Waals surface area contributed by atoms with Crippen molar-refractivity contribution in [3.8, 4) is 10.6 Å². The van der Waals surface area contributed by atoms with Crippen LogP contribution < -0.4 is 4.68 Å². The first-order chi connectivity index (χ1) is 14.3. The number of rotatable bonds is 4. The highest BCUT2D eigenvalue weighted by atomic mass is 32.2. The summed E-state index contributed by atoms with van der Waals surface area (Å²) in [5, 5.41) is 7.01. The minimum absolute atomic E-state index is 0.178. The van der Waals surface area contributed by atoms with Gasteiger partial charge in [-0.05, 0) is 30.4 Å². The van der Waals surface area contributed by atoms with E-state index in [2.05, 4.69) is 48.0 Å². The molecule has 0 N–H and O–H groups in total. The second kappa shape index (κ2) is 9.75. The summed E-state index contributed by atoms with van der Waals surface area (Å²) in [6, 6.07) is 26.6. The van der Waals surface area contributed by atoms with Gasteiger partial charge < -0.3 is 4.55 Å². The number of aromatic nitrogens is 2. The van der Waals surface area contributed by atoms with E-state index in [1.54, 1.807) is 23.5 Å². The summed E-state index contributed by atoms with van der Waals surface area (Å²) in [5.41, 5.74) is 3.39. The Bertz CT molecular complexity index is 1190. The van der Waals surface area contributed by atoms with E-state index < -0.39 is 10.1 Å². The highest BCUT2D eigenvalue weighted by Crippen LogP contribution is 2.21. The summed E-state index contributed by atoms with van der Waals surface area (Å²) < 4.78 is 33.2. The van der Waals surface area contributed by atoms with Crippen LogP contribution in [-0.2, 0) is 16.7 Å². The molecule has 0 saturated heterocycles. The van der Waals surface area contributed by atoms with Crippen LogP contribution in [0.2, 0.25) is 0 Å². The molecule has 0 unspecified atom stereocenters. The summed E-state index contributed by atoms with van der Waals surface area (Å²) in [7, 11) is -4.27. The smallest absolute Gasteiger partial charge is 0.262 e. The first-order valence-electron chi connectivity index (χ1n) is 9.32. The van der Waals surface area contributed by atoms with Crippen LogP contribution in [0.5, 0.6) is 0 Å². The van der Waals surface area contributed by atoms with Gasteiger partial charge in [0.15, 0.2) is 5.01 Å². The van der Waals surface area contributed by atoms with Gasteiger partial charge in [0.05, 0.1) is 4.90 Å². The fourth-order valence-electron chi connectivity index (χ4n) is 2.70. The Hall–Kier alpha value is -2.87. The molecule has 0 bridgehead atoms. The molecule has 0 radical (unpaired) electrons. The third-order valence-corrected chi connectivity index (χ3v) is 6.19. The van der Waals surface area contributed by atoms with Crippen molar-refractivity contribution in [2.45, 2.75) is 25.3 Å². The molecule has 4 rings (SSSR count). The number of aryl methyl sites for hydroxylation is 2. The lowest BCUT2D eigenvalue weighted by Crippen LogP contribution is -2.38. The van der Waals surface area contributed by atoms with E-state index in [4.69, 9.17) is 5.10 Å². The molecule has 30 heavy (non-hydrogen) atoms. The van der Waals surface area contributed by atoms with Crippen molar-refractivity contribution in [2.75, 3.05) is 0 Å². The summed E-state index contributed by atoms with van der Waals surface area (Å²) >= 11 is 1.74. The third kappa shape index (κ3) is 6.06. The van der Waals surface area contributed by atoms with E-state index in [1.165, 1.54) is 28.3 Å². The van der Waals surface area contributed by atoms with Crippen LogP contribution >= 0.6 is 11.3 Å². The molecule has 0 aliphatic heterocycles. The topological polar surface area (TPSA) is 74.0 Å². The zero-order valence-electron chi connectivity index (χ0n) is 16.7. The lowest BCUT2D eigenvalue weighted by Gasteiger charge is -2.05. The highest BCUT2D eigenvalue weighted by Gasteiger charge is 2.17. The van der Waals surface area contributed by atoms with Crippen molar-refractivity contribution in [3.63, 3.8) is 0 Å². The van der Waals surface area contributed by atoms with Gasteiger partial charge in [-0.1, -0.05) is 83.0 Å². The Morgan fingerprint density at radius 3 is 2.00 bits per heavy atom. The lowest BCUT2D eigenvalue weighted by atomic mass is 10.2. The van der Waals surface area contributed by atoms with Crippen molar-refractivity contribution in [1.29, 1.82) is 0 Å². The SMILES string of the molecule is Cc1ccc(S(=O)(=O)[O-])cc1.Cc1sc(-c2ccccc2)n[n+]1Cc1ccccc1. The Morgan fingerprint density at radius 2 is 1.43 bits per heavy atom. The Kier molecular flexibility index (Phi) is 7.10. The van der Waals surface area contributed by atoms with E-state index >= 15 is 0 Å². The van der Waals surface area contributed by atoms with Crippen molar-refractivity contribution in [3.05, 3.63) is 101 Å². The molecule has 0 aliphatic rings. The van der Waals surface area contributed by atoms with Gasteiger partial charge in [0, 0.05) is 23.1 Å². The molecule has 1 heterocycles. The van der Waals surface area contributed by atoms with E-state index in [9.17, 15) is 13.0 Å². The molecule has 7 heteroatoms. The van der Waals surface area contributed by atoms with Gasteiger partial charge in [-0.3, -0.25) is 0 Å². The van der Waals surface area contributed by atoms with Gasteiger partial charge in [0.1, 0.15) is 10.1 Å². The zero-order chi connectivity index (χ0) is 21.6. The van der Waals surface area contributed by atoms with E-state index in [1.807, 2.05) is 31.2 Å². The minimum Gasteiger partial charge on any atom is -0.744 e. The van der Waals surface area contributed by atoms with Crippen molar-refractivity contribution >= 4 is 21.5 Å². The average molecular weight is 439 g/mol. The normalized spacial score (nSPS) is 10.9. The van der Waals surface area contributed by atoms with Crippen LogP contribution in [0.15, 0.2) is 89.8 Å². The van der Waals surface area contributed by atoms with E-state index in [0.29, 0.717) is 0 Å². The van der Waals surface area contributed by atoms with Gasteiger partial charge in [-0.2, -0.15) is 0 Å². The van der Waals surface area contributed by atoms with Gasteiger partial charge >= 0.3 is 0 Å². The van der Waals surface area contributed by atoms with Crippen LogP contribution in [0.3, 0.4) is 0 Å². The van der Waals surface area contributed by atoms with Crippen LogP contribution in [0.4, 0.5) is 0 Å². The van der Waals surface area contributed by atoms with Crippen LogP contribution in [0, 0.1) is 13.8 Å². The first kappa shape index (κ1) is 21.8. The Labute approximate surface area is 181 Å². The molecular formula is C23H22N2O3S2. The fourth-order valence-corrected chi connectivity index (χ4v) is 4.05. The molecule has 0 spiro atoms. The molecule has 154 valence electrons. The fraction of sp³-hybridized carbons (Fsp3) is 0.130. The minimum atomic E-state index is -4.27. The monoisotopic (exact) mass is 438 g/mol. The Balaban J connectivity index is 0.000000199. The maximum atomic E-state index is 10.4. The standard InChI is InChI=1S/C16H15N2S.C7H8O3S/c1-13-18(12-14-8-4-2-5-9-14)17-16(19-13)15-10-6-3-7-11-15;1-6-2-4-7(5-3-6)11(8,9)10/h2-11H,12H2,1H3;2-5H,1H3,(H,8,9,10)/q+1;/p-1. The molecule has 0 fully saturated rings. The molecule has 0 atom stereocenters. The second-order valence-corrected chi connectivity index (χ2v) is 9.26. The van der Waals surface area contributed by atoms with Gasteiger partial charge in [-0.25, -0.2) is 8.42 Å². The third-order valence-electron chi connectivity index (χ3n) is 4.32. The maximum Gasteiger partial charge on any atom is 0.262 e. The van der Waals surface area contributed by atoms with Gasteiger partial charge in [0.2, 0.25) is 6.54 Å². The van der Waals surface area contributed by atoms with Crippen molar-refractivity contribution in [1.82, 2.24) is 5.10 Å². The predicted octanol–water partition coefficient (Wildman–Crippen LogP) is 4.35. The molecule has 0 aliphatic carbocycles. The second-order valence-electron chi connectivity index (χ2n) is 6.70. The van der Waals surface area contributed by atoms with E-state index in [-0.39, 0.29) is 4.90 Å². The molecule has 0 saturated carbocycles. The Morgan fingerprint density at radius 1 is 0.867 bits per heavy atom. The summed E-state index contributed by atoms with van der Waals surface area (Å²) in [6.07, 6.45) is 0. The lowest BCUT2D eigenvalue weighted by molar-refractivity contribution is -0.745. The number of hydrogen-bond acceptors (Lipinski definition) is 5. The number of hydrogen-bond donors (Lipinski definition) is 0. The van der Waals surface area contributed by atoms with Crippen molar-refractivity contribution < 1.29 is 17.7 Å². The quantitative estimate of drug-likeness (QED) is 0.351. The van der Waals surface area contributed by atoms with E-state index in [0.717, 1.165) is 17.1 Å². The van der Waals surface area contributed by atoms with Crippen LogP contribution in [0.1, 0.15) is 16.1 Å². The zero-order valence-corrected chi connectivity index (χ0v) is 18.4. The molecule has 0 amide bonds. The van der Waals surface area contributed by atoms with Gasteiger partial charge in [0.25, 0.3) is 5.01 Å². The summed E-state index contributed by atoms with van der Waals surface area (Å²) in [6.45, 7) is 4.77.